The lowest BCUT2D eigenvalue weighted by molar-refractivity contribution is 0.338. The Morgan fingerprint density at radius 1 is 1.23 bits per heavy atom. The topological polar surface area (TPSA) is 55.2 Å². The average molecular weight is 431 g/mol. The van der Waals surface area contributed by atoms with Crippen LogP contribution in [0.4, 0.5) is 0 Å². The monoisotopic (exact) mass is 430 g/mol. The van der Waals surface area contributed by atoms with E-state index in [2.05, 4.69) is 43.4 Å². The maximum atomic E-state index is 5.53. The molecule has 0 spiro atoms. The number of H-pyrrole nitrogens is 1. The zero-order valence-electron chi connectivity index (χ0n) is 14.4. The first-order valence-corrected chi connectivity index (χ1v) is 9.54. The van der Waals surface area contributed by atoms with Gasteiger partial charge in [0.15, 0.2) is 5.82 Å². The molecule has 2 aromatic carbocycles. The average Bonchev–Trinajstić information content (AvgIpc) is 3.01. The highest BCUT2D eigenvalue weighted by Gasteiger charge is 2.06. The van der Waals surface area contributed by atoms with Crippen LogP contribution < -0.4 is 4.74 Å². The highest BCUT2D eigenvalue weighted by Crippen LogP contribution is 2.25. The van der Waals surface area contributed by atoms with Crippen molar-refractivity contribution in [3.05, 3.63) is 74.7 Å². The molecule has 0 aliphatic rings. The highest BCUT2D eigenvalue weighted by molar-refractivity contribution is 9.10. The highest BCUT2D eigenvalue weighted by atomic mass is 79.9. The van der Waals surface area contributed by atoms with E-state index in [0.29, 0.717) is 11.4 Å². The Morgan fingerprint density at radius 3 is 2.77 bits per heavy atom. The molecule has 1 heterocycles. The van der Waals surface area contributed by atoms with Gasteiger partial charge in [-0.15, -0.1) is 0 Å². The van der Waals surface area contributed by atoms with E-state index in [9.17, 15) is 0 Å². The molecule has 0 saturated heterocycles. The first-order valence-electron chi connectivity index (χ1n) is 8.34. The van der Waals surface area contributed by atoms with E-state index in [-0.39, 0.29) is 0 Å². The molecule has 3 aromatic rings. The van der Waals surface area contributed by atoms with E-state index in [1.54, 1.807) is 10.9 Å². The Labute approximate surface area is 165 Å². The van der Waals surface area contributed by atoms with E-state index in [4.69, 9.17) is 17.0 Å². The van der Waals surface area contributed by atoms with Gasteiger partial charge in [-0.25, -0.2) is 0 Å². The Bertz CT molecular complexity index is 950. The lowest BCUT2D eigenvalue weighted by atomic mass is 10.1. The molecule has 134 valence electrons. The lowest BCUT2D eigenvalue weighted by Crippen LogP contribution is -2.01. The Balaban J connectivity index is 1.75. The fourth-order valence-electron chi connectivity index (χ4n) is 2.50. The van der Waals surface area contributed by atoms with Crippen LogP contribution in [0.2, 0.25) is 0 Å². The zero-order chi connectivity index (χ0) is 18.4. The van der Waals surface area contributed by atoms with Gasteiger partial charge in [0.1, 0.15) is 5.75 Å². The van der Waals surface area contributed by atoms with Gasteiger partial charge < -0.3 is 4.74 Å². The maximum absolute atomic E-state index is 5.53. The number of hydrogen-bond acceptors (Lipinski definition) is 4. The van der Waals surface area contributed by atoms with Crippen LogP contribution >= 0.6 is 28.1 Å². The van der Waals surface area contributed by atoms with E-state index >= 15 is 0 Å². The Kier molecular flexibility index (Phi) is 6.35. The van der Waals surface area contributed by atoms with Crippen molar-refractivity contribution < 1.29 is 4.74 Å². The SMILES string of the molecule is CCOc1ccc(/C=N\n2c(CCc3ccccc3)n[nH]c2=S)cc1Br. The third-order valence-electron chi connectivity index (χ3n) is 3.78. The minimum absolute atomic E-state index is 0.481. The second kappa shape index (κ2) is 8.91. The molecule has 7 heteroatoms. The third kappa shape index (κ3) is 4.68. The number of nitrogens with one attached hydrogen (secondary N) is 1. The van der Waals surface area contributed by atoms with Crippen molar-refractivity contribution in [3.8, 4) is 5.75 Å². The summed E-state index contributed by atoms with van der Waals surface area (Å²) in [5.41, 5.74) is 2.20. The first-order chi connectivity index (χ1) is 12.7. The molecule has 1 N–H and O–H groups in total. The molecule has 5 nitrogen and oxygen atoms in total. The molecule has 0 bridgehead atoms. The summed E-state index contributed by atoms with van der Waals surface area (Å²) in [7, 11) is 0. The van der Waals surface area contributed by atoms with Crippen LogP contribution in [0.3, 0.4) is 0 Å². The molecule has 0 fully saturated rings. The zero-order valence-corrected chi connectivity index (χ0v) is 16.8. The van der Waals surface area contributed by atoms with Crippen LogP contribution in [0.25, 0.3) is 0 Å². The smallest absolute Gasteiger partial charge is 0.216 e. The van der Waals surface area contributed by atoms with Crippen molar-refractivity contribution in [2.45, 2.75) is 19.8 Å². The fourth-order valence-corrected chi connectivity index (χ4v) is 3.21. The van der Waals surface area contributed by atoms with Gasteiger partial charge >= 0.3 is 0 Å². The molecule has 0 saturated carbocycles. The van der Waals surface area contributed by atoms with Gasteiger partial charge in [-0.2, -0.15) is 14.9 Å². The van der Waals surface area contributed by atoms with Crippen molar-refractivity contribution in [2.24, 2.45) is 5.10 Å². The normalized spacial score (nSPS) is 11.2. The molecule has 0 aliphatic heterocycles. The van der Waals surface area contributed by atoms with Crippen molar-refractivity contribution >= 4 is 34.4 Å². The molecular formula is C19H19BrN4OS. The summed E-state index contributed by atoms with van der Waals surface area (Å²) in [4.78, 5) is 0. The number of halogens is 1. The van der Waals surface area contributed by atoms with E-state index < -0.39 is 0 Å². The van der Waals surface area contributed by atoms with Crippen molar-refractivity contribution in [1.29, 1.82) is 0 Å². The predicted octanol–water partition coefficient (Wildman–Crippen LogP) is 4.77. The van der Waals surface area contributed by atoms with Gasteiger partial charge in [-0.1, -0.05) is 30.3 Å². The van der Waals surface area contributed by atoms with Gasteiger partial charge in [-0.3, -0.25) is 5.10 Å². The number of aromatic nitrogens is 3. The number of ether oxygens (including phenoxy) is 1. The number of hydrogen-bond donors (Lipinski definition) is 1. The van der Waals surface area contributed by atoms with Gasteiger partial charge in [0, 0.05) is 6.42 Å². The second-order valence-electron chi connectivity index (χ2n) is 5.61. The molecule has 3 rings (SSSR count). The van der Waals surface area contributed by atoms with Crippen LogP contribution in [0.15, 0.2) is 58.1 Å². The predicted molar refractivity (Wildman–Crippen MR) is 110 cm³/mol. The van der Waals surface area contributed by atoms with Gasteiger partial charge in [0.25, 0.3) is 0 Å². The number of aromatic amines is 1. The summed E-state index contributed by atoms with van der Waals surface area (Å²) in [6.45, 7) is 2.58. The summed E-state index contributed by atoms with van der Waals surface area (Å²) in [5.74, 6) is 1.62. The molecule has 0 atom stereocenters. The van der Waals surface area contributed by atoms with Crippen molar-refractivity contribution in [2.75, 3.05) is 6.61 Å². The number of aryl methyl sites for hydroxylation is 2. The Morgan fingerprint density at radius 2 is 2.04 bits per heavy atom. The lowest BCUT2D eigenvalue weighted by Gasteiger charge is -2.06. The molecular weight excluding hydrogens is 412 g/mol. The Hall–Kier alpha value is -2.25. The van der Waals surface area contributed by atoms with Crippen molar-refractivity contribution in [1.82, 2.24) is 14.9 Å². The summed E-state index contributed by atoms with van der Waals surface area (Å²) >= 11 is 8.82. The first kappa shape index (κ1) is 18.5. The van der Waals surface area contributed by atoms with Gasteiger partial charge in [0.2, 0.25) is 4.77 Å². The summed E-state index contributed by atoms with van der Waals surface area (Å²) in [6, 6.07) is 16.1. The van der Waals surface area contributed by atoms with E-state index in [1.807, 2.05) is 43.3 Å². The van der Waals surface area contributed by atoms with Crippen LogP contribution in [-0.2, 0) is 12.8 Å². The van der Waals surface area contributed by atoms with E-state index in [0.717, 1.165) is 34.5 Å². The summed E-state index contributed by atoms with van der Waals surface area (Å²) < 4.78 is 8.57. The molecule has 0 aliphatic carbocycles. The van der Waals surface area contributed by atoms with Crippen molar-refractivity contribution in [3.63, 3.8) is 0 Å². The van der Waals surface area contributed by atoms with Crippen LogP contribution in [-0.4, -0.2) is 27.7 Å². The molecule has 0 radical (unpaired) electrons. The quantitative estimate of drug-likeness (QED) is 0.433. The minimum Gasteiger partial charge on any atom is -0.493 e. The third-order valence-corrected chi connectivity index (χ3v) is 4.66. The number of rotatable bonds is 7. The van der Waals surface area contributed by atoms with Crippen LogP contribution in [0, 0.1) is 4.77 Å². The maximum Gasteiger partial charge on any atom is 0.216 e. The summed E-state index contributed by atoms with van der Waals surface area (Å²) in [5, 5.41) is 11.6. The summed E-state index contributed by atoms with van der Waals surface area (Å²) in [6.07, 6.45) is 3.39. The molecule has 0 unspecified atom stereocenters. The molecule has 26 heavy (non-hydrogen) atoms. The molecule has 1 aromatic heterocycles. The van der Waals surface area contributed by atoms with Gasteiger partial charge in [-0.05, 0) is 70.8 Å². The number of nitrogens with zero attached hydrogens (tertiary/aromatic N) is 3. The van der Waals surface area contributed by atoms with Gasteiger partial charge in [0.05, 0.1) is 17.3 Å². The second-order valence-corrected chi connectivity index (χ2v) is 6.85. The standard InChI is InChI=1S/C19H19BrN4OS/c1-2-25-17-10-8-15(12-16(17)20)13-21-24-18(22-23-19(24)26)11-9-14-6-4-3-5-7-14/h3-8,10,12-13H,2,9,11H2,1H3,(H,23,26)/b21-13-. The fraction of sp³-hybridized carbons (Fsp3) is 0.211. The van der Waals surface area contributed by atoms with Crippen LogP contribution in [0.1, 0.15) is 23.9 Å². The van der Waals surface area contributed by atoms with Crippen LogP contribution in [0.5, 0.6) is 5.75 Å². The molecule has 0 amide bonds. The number of benzene rings is 2. The van der Waals surface area contributed by atoms with E-state index in [1.165, 1.54) is 5.56 Å². The minimum atomic E-state index is 0.481. The largest absolute Gasteiger partial charge is 0.493 e.